The maximum atomic E-state index is 12.1. The van der Waals surface area contributed by atoms with Crippen molar-refractivity contribution in [2.45, 2.75) is 33.7 Å². The Morgan fingerprint density at radius 3 is 2.57 bits per heavy atom. The van der Waals surface area contributed by atoms with E-state index in [2.05, 4.69) is 18.8 Å². The summed E-state index contributed by atoms with van der Waals surface area (Å²) in [7, 11) is 1.66. The van der Waals surface area contributed by atoms with E-state index in [4.69, 9.17) is 4.74 Å². The van der Waals surface area contributed by atoms with Crippen LogP contribution in [0.25, 0.3) is 0 Å². The number of carbonyl (C=O) groups excluding carboxylic acids is 1. The van der Waals surface area contributed by atoms with Crippen LogP contribution in [0.3, 0.4) is 0 Å². The van der Waals surface area contributed by atoms with E-state index in [1.165, 1.54) is 0 Å². The third kappa shape index (κ3) is 2.39. The molecule has 0 saturated heterocycles. The fourth-order valence-corrected chi connectivity index (χ4v) is 3.92. The number of hydrogen-bond acceptors (Lipinski definition) is 3. The molecule has 0 aliphatic heterocycles. The minimum absolute atomic E-state index is 0.0586. The smallest absolute Gasteiger partial charge is 0.142 e. The maximum Gasteiger partial charge on any atom is 0.142 e. The van der Waals surface area contributed by atoms with Crippen molar-refractivity contribution in [3.63, 3.8) is 0 Å². The van der Waals surface area contributed by atoms with Gasteiger partial charge < -0.3 is 4.74 Å². The second kappa shape index (κ2) is 4.97. The highest BCUT2D eigenvalue weighted by Crippen LogP contribution is 2.68. The fraction of sp³-hybridized carbons (Fsp3) is 0.556. The van der Waals surface area contributed by atoms with E-state index in [0.29, 0.717) is 29.6 Å². The minimum Gasteiger partial charge on any atom is -0.497 e. The SMILES string of the molecule is COc1ccc(CN=C(C)C2C(=O)C[C@@H]3[C@H]2C3(C)C)cc1. The van der Waals surface area contributed by atoms with Crippen LogP contribution in [0.1, 0.15) is 32.8 Å². The average Bonchev–Trinajstić information content (AvgIpc) is 2.83. The van der Waals surface area contributed by atoms with Crippen LogP contribution >= 0.6 is 0 Å². The fourth-order valence-electron chi connectivity index (χ4n) is 3.92. The molecule has 3 heteroatoms. The van der Waals surface area contributed by atoms with Crippen molar-refractivity contribution in [2.75, 3.05) is 7.11 Å². The summed E-state index contributed by atoms with van der Waals surface area (Å²) in [6.45, 7) is 7.21. The number of carbonyl (C=O) groups is 1. The quantitative estimate of drug-likeness (QED) is 0.794. The third-order valence-electron chi connectivity index (χ3n) is 5.39. The highest BCUT2D eigenvalue weighted by Gasteiger charge is 2.67. The molecule has 2 saturated carbocycles. The first-order valence-corrected chi connectivity index (χ1v) is 7.61. The predicted molar refractivity (Wildman–Crippen MR) is 83.7 cm³/mol. The Kier molecular flexibility index (Phi) is 3.39. The van der Waals surface area contributed by atoms with E-state index < -0.39 is 0 Å². The van der Waals surface area contributed by atoms with Crippen molar-refractivity contribution in [2.24, 2.45) is 28.2 Å². The summed E-state index contributed by atoms with van der Waals surface area (Å²) >= 11 is 0. The molecule has 2 aliphatic rings. The lowest BCUT2D eigenvalue weighted by Gasteiger charge is -2.16. The number of fused-ring (bicyclic) bond motifs is 1. The van der Waals surface area contributed by atoms with E-state index in [1.54, 1.807) is 7.11 Å². The van der Waals surface area contributed by atoms with Gasteiger partial charge in [-0.15, -0.1) is 0 Å². The van der Waals surface area contributed by atoms with Crippen molar-refractivity contribution in [1.29, 1.82) is 0 Å². The monoisotopic (exact) mass is 285 g/mol. The number of ketones is 1. The lowest BCUT2D eigenvalue weighted by molar-refractivity contribution is -0.120. The molecule has 0 N–H and O–H groups in total. The Bertz CT molecular complexity index is 586. The largest absolute Gasteiger partial charge is 0.497 e. The number of ether oxygens (including phenoxy) is 1. The molecule has 3 atom stereocenters. The lowest BCUT2D eigenvalue weighted by Crippen LogP contribution is -2.24. The zero-order valence-electron chi connectivity index (χ0n) is 13.2. The van der Waals surface area contributed by atoms with Crippen LogP contribution in [0.5, 0.6) is 5.75 Å². The molecule has 2 fully saturated rings. The third-order valence-corrected chi connectivity index (χ3v) is 5.39. The molecule has 0 bridgehead atoms. The van der Waals surface area contributed by atoms with Gasteiger partial charge in [-0.25, -0.2) is 0 Å². The first-order valence-electron chi connectivity index (χ1n) is 7.61. The van der Waals surface area contributed by atoms with Gasteiger partial charge in [-0.05, 0) is 41.9 Å². The zero-order chi connectivity index (χ0) is 15.2. The van der Waals surface area contributed by atoms with E-state index >= 15 is 0 Å². The Morgan fingerprint density at radius 2 is 2.00 bits per heavy atom. The van der Waals surface area contributed by atoms with E-state index in [-0.39, 0.29) is 5.92 Å². The summed E-state index contributed by atoms with van der Waals surface area (Å²) in [5.41, 5.74) is 2.48. The van der Waals surface area contributed by atoms with Gasteiger partial charge in [0.05, 0.1) is 19.6 Å². The van der Waals surface area contributed by atoms with Crippen LogP contribution < -0.4 is 4.74 Å². The second-order valence-corrected chi connectivity index (χ2v) is 6.91. The number of nitrogens with zero attached hydrogens (tertiary/aromatic N) is 1. The van der Waals surface area contributed by atoms with Gasteiger partial charge in [-0.3, -0.25) is 9.79 Å². The molecule has 0 spiro atoms. The van der Waals surface area contributed by atoms with Gasteiger partial charge in [0.2, 0.25) is 0 Å². The molecule has 112 valence electrons. The summed E-state index contributed by atoms with van der Waals surface area (Å²) in [5, 5.41) is 0. The molecule has 1 aromatic rings. The molecule has 3 nitrogen and oxygen atoms in total. The molecular formula is C18H23NO2. The van der Waals surface area contributed by atoms with Crippen molar-refractivity contribution >= 4 is 11.5 Å². The molecule has 2 aliphatic carbocycles. The van der Waals surface area contributed by atoms with Crippen molar-refractivity contribution in [3.05, 3.63) is 29.8 Å². The summed E-state index contributed by atoms with van der Waals surface area (Å²) in [5.74, 6) is 2.40. The van der Waals surface area contributed by atoms with Crippen molar-refractivity contribution < 1.29 is 9.53 Å². The van der Waals surface area contributed by atoms with Gasteiger partial charge in [0.15, 0.2) is 0 Å². The van der Waals surface area contributed by atoms with Crippen LogP contribution in [-0.2, 0) is 11.3 Å². The number of benzene rings is 1. The van der Waals surface area contributed by atoms with E-state index in [9.17, 15) is 4.79 Å². The number of aliphatic imine (C=N–C) groups is 1. The zero-order valence-corrected chi connectivity index (χ0v) is 13.2. The Labute approximate surface area is 126 Å². The Hall–Kier alpha value is -1.64. The molecule has 1 aromatic carbocycles. The van der Waals surface area contributed by atoms with Crippen molar-refractivity contribution in [3.8, 4) is 5.75 Å². The average molecular weight is 285 g/mol. The topological polar surface area (TPSA) is 38.7 Å². The summed E-state index contributed by atoms with van der Waals surface area (Å²) in [4.78, 5) is 16.8. The van der Waals surface area contributed by atoms with Crippen LogP contribution in [0.2, 0.25) is 0 Å². The maximum absolute atomic E-state index is 12.1. The predicted octanol–water partition coefficient (Wildman–Crippen LogP) is 3.52. The Morgan fingerprint density at radius 1 is 1.33 bits per heavy atom. The number of hydrogen-bond donors (Lipinski definition) is 0. The van der Waals surface area contributed by atoms with Crippen LogP contribution in [0.4, 0.5) is 0 Å². The van der Waals surface area contributed by atoms with Gasteiger partial charge in [0.1, 0.15) is 11.5 Å². The second-order valence-electron chi connectivity index (χ2n) is 6.91. The van der Waals surface area contributed by atoms with E-state index in [0.717, 1.165) is 23.4 Å². The van der Waals surface area contributed by atoms with Crippen LogP contribution in [0.15, 0.2) is 29.3 Å². The van der Waals surface area contributed by atoms with Crippen LogP contribution in [-0.4, -0.2) is 18.6 Å². The molecule has 0 heterocycles. The highest BCUT2D eigenvalue weighted by atomic mass is 16.5. The molecule has 1 unspecified atom stereocenters. The van der Waals surface area contributed by atoms with Gasteiger partial charge in [-0.2, -0.15) is 0 Å². The number of methoxy groups -OCH3 is 1. The molecule has 21 heavy (non-hydrogen) atoms. The molecule has 0 radical (unpaired) electrons. The van der Waals surface area contributed by atoms with E-state index in [1.807, 2.05) is 31.2 Å². The molecule has 0 aromatic heterocycles. The molecule has 3 rings (SSSR count). The number of rotatable bonds is 4. The Balaban J connectivity index is 1.69. The standard InChI is InChI=1S/C18H23NO2/c1-11(16-15(20)9-14-17(16)18(14,2)3)19-10-12-5-7-13(21-4)8-6-12/h5-8,14,16-17H,9-10H2,1-4H3/t14-,16?,17-/m1/s1. The summed E-state index contributed by atoms with van der Waals surface area (Å²) < 4.78 is 5.15. The number of Topliss-reactive ketones (excluding diaryl/α,β-unsaturated/α-hetero) is 1. The van der Waals surface area contributed by atoms with Crippen molar-refractivity contribution in [1.82, 2.24) is 0 Å². The summed E-state index contributed by atoms with van der Waals surface area (Å²) in [6, 6.07) is 7.94. The first kappa shape index (κ1) is 14.3. The van der Waals surface area contributed by atoms with Gasteiger partial charge in [0, 0.05) is 12.1 Å². The lowest BCUT2D eigenvalue weighted by atomic mass is 9.89. The minimum atomic E-state index is 0.0586. The summed E-state index contributed by atoms with van der Waals surface area (Å²) in [6.07, 6.45) is 0.748. The highest BCUT2D eigenvalue weighted by molar-refractivity contribution is 6.07. The van der Waals surface area contributed by atoms with Gasteiger partial charge in [-0.1, -0.05) is 26.0 Å². The first-order chi connectivity index (χ1) is 9.95. The van der Waals surface area contributed by atoms with Crippen LogP contribution in [0, 0.1) is 23.2 Å². The van der Waals surface area contributed by atoms with Gasteiger partial charge in [0.25, 0.3) is 0 Å². The normalized spacial score (nSPS) is 30.2. The van der Waals surface area contributed by atoms with Gasteiger partial charge >= 0.3 is 0 Å². The molecule has 0 amide bonds. The molecular weight excluding hydrogens is 262 g/mol.